The van der Waals surface area contributed by atoms with Gasteiger partial charge < -0.3 is 30.6 Å². The second-order valence-electron chi connectivity index (χ2n) is 7.24. The molecule has 0 heterocycles. The molecule has 7 nitrogen and oxygen atoms in total. The Morgan fingerprint density at radius 3 is 1.71 bits per heavy atom. The lowest BCUT2D eigenvalue weighted by atomic mass is 9.95. The maximum Gasteiger partial charge on any atom is 0.466 e. The molecule has 0 saturated carbocycles. The molecule has 0 saturated heterocycles. The number of unbranched alkanes of at least 4 members (excludes halogenated alkanes) is 11. The maximum absolute atomic E-state index is 12.7. The average molecular weight is 430 g/mol. The summed E-state index contributed by atoms with van der Waals surface area (Å²) in [4.78, 5) is 21.6. The molecular formula is C19H41FNO6P. The first-order valence-corrected chi connectivity index (χ1v) is 11.8. The van der Waals surface area contributed by atoms with Crippen LogP contribution in [0, 0.1) is 0 Å². The Bertz CT molecular complexity index is 407. The van der Waals surface area contributed by atoms with Crippen molar-refractivity contribution < 1.29 is 33.8 Å². The van der Waals surface area contributed by atoms with E-state index in [-0.39, 0.29) is 0 Å². The van der Waals surface area contributed by atoms with Gasteiger partial charge in [0.25, 0.3) is 0 Å². The van der Waals surface area contributed by atoms with E-state index in [4.69, 9.17) is 30.1 Å². The Morgan fingerprint density at radius 1 is 0.964 bits per heavy atom. The predicted molar refractivity (Wildman–Crippen MR) is 110 cm³/mol. The summed E-state index contributed by atoms with van der Waals surface area (Å²) in [5, 5.41) is 18.7. The predicted octanol–water partition coefficient (Wildman–Crippen LogP) is 3.34. The summed E-state index contributed by atoms with van der Waals surface area (Å²) in [7, 11) is -4.64. The van der Waals surface area contributed by atoms with Crippen molar-refractivity contribution in [1.82, 2.24) is 0 Å². The van der Waals surface area contributed by atoms with Crippen LogP contribution in [0.1, 0.15) is 84.0 Å². The van der Waals surface area contributed by atoms with E-state index in [1.54, 1.807) is 0 Å². The smallest absolute Gasteiger partial charge is 0.394 e. The van der Waals surface area contributed by atoms with Crippen LogP contribution < -0.4 is 5.73 Å². The summed E-state index contributed by atoms with van der Waals surface area (Å²) in [5.41, 5.74) is 4.00. The highest BCUT2D eigenvalue weighted by Gasteiger charge is 2.31. The van der Waals surface area contributed by atoms with Gasteiger partial charge in [-0.15, -0.1) is 0 Å². The third-order valence-electron chi connectivity index (χ3n) is 4.42. The van der Waals surface area contributed by atoms with Crippen molar-refractivity contribution in [3.63, 3.8) is 0 Å². The number of aliphatic hydroxyl groups excluding tert-OH is 2. The maximum atomic E-state index is 12.7. The molecule has 7 N–H and O–H groups in total. The van der Waals surface area contributed by atoms with Crippen LogP contribution in [0.25, 0.3) is 0 Å². The van der Waals surface area contributed by atoms with Crippen LogP contribution in [0.3, 0.4) is 0 Å². The van der Waals surface area contributed by atoms with Crippen molar-refractivity contribution in [2.45, 2.75) is 95.6 Å². The average Bonchev–Trinajstić information content (AvgIpc) is 2.63. The van der Waals surface area contributed by atoms with Crippen LogP contribution >= 0.6 is 7.82 Å². The lowest BCUT2D eigenvalue weighted by Gasteiger charge is -2.27. The van der Waals surface area contributed by atoms with Crippen LogP contribution in [0.2, 0.25) is 0 Å². The Labute approximate surface area is 169 Å². The Kier molecular flexibility index (Phi) is 19.9. The van der Waals surface area contributed by atoms with Gasteiger partial charge in [0, 0.05) is 0 Å². The monoisotopic (exact) mass is 429 g/mol. The third kappa shape index (κ3) is 22.0. The minimum absolute atomic E-state index is 0.562. The van der Waals surface area contributed by atoms with Crippen LogP contribution in [-0.2, 0) is 4.57 Å². The first kappa shape index (κ1) is 29.9. The number of allylic oxidation sites excluding steroid dienone is 1. The van der Waals surface area contributed by atoms with Crippen LogP contribution in [0.5, 0.6) is 0 Å². The molecule has 0 bridgehead atoms. The standard InChI is InChI=1S/C19H38FNO2.H3O4P/c1-2-3-4-5-6-7-8-9-10-11-12-13-14-15-18(23)19(21,16-20)17-22;1-5(2,3)4/h14-15,18,22-23H,2-13,16-17,21H2,1H3;(H3,1,2,3,4). The van der Waals surface area contributed by atoms with Gasteiger partial charge in [0.1, 0.15) is 6.67 Å². The largest absolute Gasteiger partial charge is 0.466 e. The summed E-state index contributed by atoms with van der Waals surface area (Å²) < 4.78 is 21.6. The molecule has 0 spiro atoms. The fourth-order valence-electron chi connectivity index (χ4n) is 2.56. The first-order valence-electron chi connectivity index (χ1n) is 10.2. The van der Waals surface area contributed by atoms with Gasteiger partial charge in [0.2, 0.25) is 0 Å². The van der Waals surface area contributed by atoms with E-state index < -0.39 is 32.7 Å². The van der Waals surface area contributed by atoms with Gasteiger partial charge in [-0.3, -0.25) is 0 Å². The zero-order valence-corrected chi connectivity index (χ0v) is 18.1. The molecular weight excluding hydrogens is 388 g/mol. The van der Waals surface area contributed by atoms with Crippen molar-refractivity contribution in [1.29, 1.82) is 0 Å². The highest BCUT2D eigenvalue weighted by Crippen LogP contribution is 2.25. The SMILES string of the molecule is CCCCCCCCCCCCCC=CC(O)C(N)(CO)CF.O=P(O)(O)O. The van der Waals surface area contributed by atoms with Crippen LogP contribution in [0.4, 0.5) is 4.39 Å². The van der Waals surface area contributed by atoms with E-state index in [1.165, 1.54) is 70.3 Å². The second kappa shape index (κ2) is 18.7. The summed E-state index contributed by atoms with van der Waals surface area (Å²) in [6, 6.07) is 0. The lowest BCUT2D eigenvalue weighted by molar-refractivity contribution is 0.0564. The fraction of sp³-hybridized carbons (Fsp3) is 0.895. The minimum atomic E-state index is -4.64. The molecule has 0 aliphatic carbocycles. The Morgan fingerprint density at radius 2 is 1.36 bits per heavy atom. The molecule has 28 heavy (non-hydrogen) atoms. The lowest BCUT2D eigenvalue weighted by Crippen LogP contribution is -2.55. The molecule has 0 radical (unpaired) electrons. The molecule has 170 valence electrons. The number of hydrogen-bond donors (Lipinski definition) is 6. The highest BCUT2D eigenvalue weighted by molar-refractivity contribution is 7.45. The van der Waals surface area contributed by atoms with Crippen molar-refractivity contribution in [2.75, 3.05) is 13.3 Å². The topological polar surface area (TPSA) is 144 Å². The van der Waals surface area contributed by atoms with Crippen molar-refractivity contribution in [3.05, 3.63) is 12.2 Å². The van der Waals surface area contributed by atoms with E-state index in [0.717, 1.165) is 12.8 Å². The summed E-state index contributed by atoms with van der Waals surface area (Å²) in [6.07, 6.45) is 17.4. The molecule has 9 heteroatoms. The van der Waals surface area contributed by atoms with Crippen LogP contribution in [-0.4, -0.2) is 49.8 Å². The number of nitrogens with two attached hydrogens (primary N) is 1. The quantitative estimate of drug-likeness (QED) is 0.125. The first-order chi connectivity index (χ1) is 13.1. The minimum Gasteiger partial charge on any atom is -0.394 e. The molecule has 0 aliphatic rings. The normalized spacial score (nSPS) is 15.1. The summed E-state index contributed by atoms with van der Waals surface area (Å²) in [5.74, 6) is 0. The molecule has 0 aromatic heterocycles. The van der Waals surface area contributed by atoms with Gasteiger partial charge in [-0.2, -0.15) is 0 Å². The molecule has 0 aliphatic heterocycles. The van der Waals surface area contributed by atoms with Gasteiger partial charge in [-0.25, -0.2) is 8.96 Å². The Hall–Kier alpha value is -0.340. The number of phosphoric acid groups is 1. The van der Waals surface area contributed by atoms with E-state index in [9.17, 15) is 9.50 Å². The fourth-order valence-corrected chi connectivity index (χ4v) is 2.56. The molecule has 0 aromatic carbocycles. The number of halogens is 1. The van der Waals surface area contributed by atoms with Crippen LogP contribution in [0.15, 0.2) is 12.2 Å². The van der Waals surface area contributed by atoms with Gasteiger partial charge in [-0.05, 0) is 12.8 Å². The summed E-state index contributed by atoms with van der Waals surface area (Å²) >= 11 is 0. The molecule has 0 aromatic rings. The second-order valence-corrected chi connectivity index (χ2v) is 8.26. The summed E-state index contributed by atoms with van der Waals surface area (Å²) in [6.45, 7) is 0.747. The van der Waals surface area contributed by atoms with Gasteiger partial charge in [-0.1, -0.05) is 83.3 Å². The van der Waals surface area contributed by atoms with E-state index >= 15 is 0 Å². The van der Waals surface area contributed by atoms with Gasteiger partial charge in [0.05, 0.1) is 18.2 Å². The van der Waals surface area contributed by atoms with E-state index in [2.05, 4.69) is 6.92 Å². The van der Waals surface area contributed by atoms with Crippen molar-refractivity contribution in [2.24, 2.45) is 5.73 Å². The number of aliphatic hydroxyl groups is 2. The van der Waals surface area contributed by atoms with E-state index in [0.29, 0.717) is 0 Å². The van der Waals surface area contributed by atoms with E-state index in [1.807, 2.05) is 6.08 Å². The molecule has 2 atom stereocenters. The highest BCUT2D eigenvalue weighted by atomic mass is 31.2. The van der Waals surface area contributed by atoms with Crippen molar-refractivity contribution in [3.8, 4) is 0 Å². The molecule has 0 amide bonds. The number of hydrogen-bond acceptors (Lipinski definition) is 4. The van der Waals surface area contributed by atoms with Gasteiger partial charge >= 0.3 is 7.82 Å². The third-order valence-corrected chi connectivity index (χ3v) is 4.42. The molecule has 2 unspecified atom stereocenters. The zero-order chi connectivity index (χ0) is 21.9. The van der Waals surface area contributed by atoms with Gasteiger partial charge in [0.15, 0.2) is 0 Å². The molecule has 0 fully saturated rings. The molecule has 0 rings (SSSR count). The number of alkyl halides is 1. The Balaban J connectivity index is 0. The zero-order valence-electron chi connectivity index (χ0n) is 17.2. The van der Waals surface area contributed by atoms with Crippen molar-refractivity contribution >= 4 is 7.82 Å². The number of rotatable bonds is 16.